The van der Waals surface area contributed by atoms with Gasteiger partial charge >= 0.3 is 0 Å². The van der Waals surface area contributed by atoms with Crippen molar-refractivity contribution in [3.63, 3.8) is 0 Å². The van der Waals surface area contributed by atoms with Crippen LogP contribution in [0.25, 0.3) is 27.9 Å². The molecule has 1 heterocycles. The normalized spacial score (nSPS) is 11.4. The zero-order chi connectivity index (χ0) is 26.7. The Morgan fingerprint density at radius 2 is 1.62 bits per heavy atom. The molecule has 0 radical (unpaired) electrons. The third-order valence-electron chi connectivity index (χ3n) is 6.87. The van der Waals surface area contributed by atoms with Crippen molar-refractivity contribution >= 4 is 33.8 Å². The molecular weight excluding hydrogens is 482 g/mol. The molecule has 5 nitrogen and oxygen atoms in total. The summed E-state index contributed by atoms with van der Waals surface area (Å²) < 4.78 is 8.53. The number of fused-ring (bicyclic) bond motifs is 2. The van der Waals surface area contributed by atoms with Crippen LogP contribution in [0.1, 0.15) is 37.1 Å². The van der Waals surface area contributed by atoms with Crippen LogP contribution in [0.4, 0.5) is 0 Å². The molecule has 5 heteroatoms. The lowest BCUT2D eigenvalue weighted by Gasteiger charge is -2.12. The summed E-state index contributed by atoms with van der Waals surface area (Å²) in [5, 5.41) is 5.33. The molecule has 1 aromatic heterocycles. The van der Waals surface area contributed by atoms with Gasteiger partial charge in [-0.15, -0.1) is 0 Å². The highest BCUT2D eigenvalue weighted by atomic mass is 16.5. The second-order valence-electron chi connectivity index (χ2n) is 9.69. The highest BCUT2D eigenvalue weighted by Crippen LogP contribution is 2.25. The molecule has 39 heavy (non-hydrogen) atoms. The van der Waals surface area contributed by atoms with Gasteiger partial charge in [-0.1, -0.05) is 85.3 Å². The van der Waals surface area contributed by atoms with Crippen molar-refractivity contribution in [2.24, 2.45) is 0 Å². The fourth-order valence-electron chi connectivity index (χ4n) is 4.88. The van der Waals surface area contributed by atoms with E-state index in [1.54, 1.807) is 6.08 Å². The number of carbonyl (C=O) groups is 1. The van der Waals surface area contributed by atoms with Gasteiger partial charge in [-0.3, -0.25) is 4.79 Å². The summed E-state index contributed by atoms with van der Waals surface area (Å²) >= 11 is 0. The molecule has 1 amide bonds. The average Bonchev–Trinajstić information content (AvgIpc) is 3.33. The maximum Gasteiger partial charge on any atom is 0.243 e. The number of nitrogens with one attached hydrogen (secondary N) is 1. The SMILES string of the molecule is O=C(/C=C/c1ccccc1)NCCCCCc1nc2ccccc2n1CCCOc1cccc2ccccc12. The fourth-order valence-corrected chi connectivity index (χ4v) is 4.88. The number of ether oxygens (including phenoxy) is 1. The first-order valence-electron chi connectivity index (χ1n) is 13.8. The van der Waals surface area contributed by atoms with Gasteiger partial charge in [0.2, 0.25) is 5.91 Å². The van der Waals surface area contributed by atoms with E-state index >= 15 is 0 Å². The maximum absolute atomic E-state index is 12.1. The minimum Gasteiger partial charge on any atom is -0.493 e. The minimum atomic E-state index is -0.0497. The van der Waals surface area contributed by atoms with Crippen molar-refractivity contribution in [2.75, 3.05) is 13.2 Å². The highest BCUT2D eigenvalue weighted by Gasteiger charge is 2.10. The number of carbonyl (C=O) groups excluding carboxylic acids is 1. The molecule has 0 aliphatic heterocycles. The summed E-state index contributed by atoms with van der Waals surface area (Å²) in [6, 6.07) is 32.7. The molecule has 0 bridgehead atoms. The first kappa shape index (κ1) is 26.2. The number of benzene rings is 4. The third kappa shape index (κ3) is 7.14. The summed E-state index contributed by atoms with van der Waals surface area (Å²) in [4.78, 5) is 17.0. The molecule has 0 saturated heterocycles. The van der Waals surface area contributed by atoms with Gasteiger partial charge in [-0.25, -0.2) is 4.98 Å². The fraction of sp³-hybridized carbons (Fsp3) is 0.235. The Kier molecular flexibility index (Phi) is 9.03. The molecule has 0 unspecified atom stereocenters. The lowest BCUT2D eigenvalue weighted by Crippen LogP contribution is -2.22. The van der Waals surface area contributed by atoms with E-state index in [0.29, 0.717) is 13.2 Å². The topological polar surface area (TPSA) is 56.2 Å². The van der Waals surface area contributed by atoms with Crippen LogP contribution in [0.15, 0.2) is 103 Å². The first-order valence-corrected chi connectivity index (χ1v) is 13.8. The maximum atomic E-state index is 12.1. The number of aryl methyl sites for hydroxylation is 2. The Bertz CT molecular complexity index is 1530. The van der Waals surface area contributed by atoms with Gasteiger partial charge < -0.3 is 14.6 Å². The largest absolute Gasteiger partial charge is 0.493 e. The molecule has 5 aromatic rings. The Balaban J connectivity index is 1.09. The highest BCUT2D eigenvalue weighted by molar-refractivity contribution is 5.91. The predicted molar refractivity (Wildman–Crippen MR) is 160 cm³/mol. The molecule has 0 atom stereocenters. The van der Waals surface area contributed by atoms with Gasteiger partial charge in [-0.05, 0) is 54.5 Å². The van der Waals surface area contributed by atoms with Crippen molar-refractivity contribution in [1.29, 1.82) is 0 Å². The van der Waals surface area contributed by atoms with E-state index in [9.17, 15) is 4.79 Å². The van der Waals surface area contributed by atoms with Gasteiger partial charge in [-0.2, -0.15) is 0 Å². The summed E-state index contributed by atoms with van der Waals surface area (Å²) in [6.07, 6.45) is 8.28. The number of para-hydroxylation sites is 2. The van der Waals surface area contributed by atoms with Crippen LogP contribution in [0.2, 0.25) is 0 Å². The van der Waals surface area contributed by atoms with Crippen LogP contribution in [0.3, 0.4) is 0 Å². The number of hydrogen-bond acceptors (Lipinski definition) is 3. The van der Waals surface area contributed by atoms with E-state index in [0.717, 1.165) is 66.7 Å². The molecule has 0 spiro atoms. The van der Waals surface area contributed by atoms with Crippen molar-refractivity contribution in [3.8, 4) is 5.75 Å². The summed E-state index contributed by atoms with van der Waals surface area (Å²) in [5.41, 5.74) is 3.24. The van der Waals surface area contributed by atoms with Crippen molar-refractivity contribution < 1.29 is 9.53 Å². The number of rotatable bonds is 13. The minimum absolute atomic E-state index is 0.0497. The van der Waals surface area contributed by atoms with Gasteiger partial charge in [0.15, 0.2) is 0 Å². The van der Waals surface area contributed by atoms with E-state index in [4.69, 9.17) is 9.72 Å². The quantitative estimate of drug-likeness (QED) is 0.133. The molecule has 0 aliphatic rings. The number of unbranched alkanes of at least 4 members (excludes halogenated alkanes) is 2. The van der Waals surface area contributed by atoms with Gasteiger partial charge in [0.1, 0.15) is 11.6 Å². The van der Waals surface area contributed by atoms with Gasteiger partial charge in [0, 0.05) is 31.0 Å². The zero-order valence-corrected chi connectivity index (χ0v) is 22.3. The van der Waals surface area contributed by atoms with E-state index in [1.807, 2.05) is 54.6 Å². The standard InChI is InChI=1S/C34H35N3O2/c38-34(23-22-27-13-3-1-4-14-27)35-24-10-2-5-21-33-36-30-18-8-9-19-31(30)37(33)25-12-26-39-32-20-11-16-28-15-6-7-17-29(28)32/h1,3-4,6-9,11,13-20,22-23H,2,5,10,12,21,24-26H2,(H,35,38)/b23-22+. The second kappa shape index (κ2) is 13.4. The smallest absolute Gasteiger partial charge is 0.243 e. The van der Waals surface area contributed by atoms with Crippen LogP contribution in [0, 0.1) is 0 Å². The monoisotopic (exact) mass is 517 g/mol. The summed E-state index contributed by atoms with van der Waals surface area (Å²) in [7, 11) is 0. The molecule has 0 saturated carbocycles. The van der Waals surface area contributed by atoms with Gasteiger partial charge in [0.25, 0.3) is 0 Å². The van der Waals surface area contributed by atoms with Crippen LogP contribution in [-0.4, -0.2) is 28.6 Å². The average molecular weight is 518 g/mol. The van der Waals surface area contributed by atoms with Crippen molar-refractivity contribution in [1.82, 2.24) is 14.9 Å². The molecule has 0 fully saturated rings. The van der Waals surface area contributed by atoms with E-state index < -0.39 is 0 Å². The second-order valence-corrected chi connectivity index (χ2v) is 9.69. The lowest BCUT2D eigenvalue weighted by molar-refractivity contribution is -0.116. The zero-order valence-electron chi connectivity index (χ0n) is 22.3. The number of nitrogens with zero attached hydrogens (tertiary/aromatic N) is 2. The molecular formula is C34H35N3O2. The third-order valence-corrected chi connectivity index (χ3v) is 6.87. The van der Waals surface area contributed by atoms with Crippen LogP contribution in [0.5, 0.6) is 5.75 Å². The Labute approximate surface area is 230 Å². The van der Waals surface area contributed by atoms with Crippen LogP contribution < -0.4 is 10.1 Å². The summed E-state index contributed by atoms with van der Waals surface area (Å²) in [5.74, 6) is 2.01. The Hall–Kier alpha value is -4.38. The van der Waals surface area contributed by atoms with Crippen LogP contribution >= 0.6 is 0 Å². The molecule has 198 valence electrons. The Morgan fingerprint density at radius 3 is 2.54 bits per heavy atom. The van der Waals surface area contributed by atoms with Crippen molar-refractivity contribution in [2.45, 2.75) is 38.6 Å². The van der Waals surface area contributed by atoms with E-state index in [2.05, 4.69) is 58.4 Å². The summed E-state index contributed by atoms with van der Waals surface area (Å²) in [6.45, 7) is 2.20. The lowest BCUT2D eigenvalue weighted by atomic mass is 10.1. The molecule has 0 aliphatic carbocycles. The number of imidazole rings is 1. The molecule has 1 N–H and O–H groups in total. The number of aromatic nitrogens is 2. The molecule has 5 rings (SSSR count). The number of hydrogen-bond donors (Lipinski definition) is 1. The van der Waals surface area contributed by atoms with Crippen LogP contribution in [-0.2, 0) is 17.8 Å². The van der Waals surface area contributed by atoms with Crippen molar-refractivity contribution in [3.05, 3.63) is 115 Å². The van der Waals surface area contributed by atoms with Gasteiger partial charge in [0.05, 0.1) is 17.6 Å². The van der Waals surface area contributed by atoms with E-state index in [1.165, 1.54) is 10.9 Å². The molecule has 4 aromatic carbocycles. The predicted octanol–water partition coefficient (Wildman–Crippen LogP) is 7.20. The number of amides is 1. The first-order chi connectivity index (χ1) is 19.3. The van der Waals surface area contributed by atoms with E-state index in [-0.39, 0.29) is 5.91 Å². The Morgan fingerprint density at radius 1 is 0.821 bits per heavy atom.